The minimum atomic E-state index is -0.971. The Bertz CT molecular complexity index is 387. The van der Waals surface area contributed by atoms with Crippen molar-refractivity contribution in [3.8, 4) is 0 Å². The summed E-state index contributed by atoms with van der Waals surface area (Å²) in [5.41, 5.74) is 0.186. The molecular weight excluding hydrogens is 220 g/mol. The van der Waals surface area contributed by atoms with Gasteiger partial charge in [0, 0.05) is 18.8 Å². The molecule has 1 aromatic rings. The summed E-state index contributed by atoms with van der Waals surface area (Å²) in [4.78, 5) is 16.9. The first kappa shape index (κ1) is 11.9. The lowest BCUT2D eigenvalue weighted by Gasteiger charge is -2.38. The molecule has 0 bridgehead atoms. The van der Waals surface area contributed by atoms with Gasteiger partial charge in [0.2, 0.25) is 0 Å². The minimum Gasteiger partial charge on any atom is -0.478 e. The molecule has 5 heteroatoms. The fraction of sp³-hybridized carbons (Fsp3) is 0.500. The summed E-state index contributed by atoms with van der Waals surface area (Å²) in [5.74, 6) is -0.227. The van der Waals surface area contributed by atoms with Crippen LogP contribution in [-0.4, -0.2) is 40.4 Å². The van der Waals surface area contributed by atoms with Crippen LogP contribution in [0.5, 0.6) is 0 Å². The predicted molar refractivity (Wildman–Crippen MR) is 63.3 cm³/mol. The monoisotopic (exact) mass is 236 g/mol. The molecule has 0 atom stereocenters. The number of aromatic carboxylic acids is 1. The molecule has 0 aliphatic heterocycles. The molecular formula is C12H16N2O3. The van der Waals surface area contributed by atoms with Gasteiger partial charge in [-0.15, -0.1) is 0 Å². The maximum absolute atomic E-state index is 10.7. The van der Waals surface area contributed by atoms with Gasteiger partial charge < -0.3 is 15.1 Å². The summed E-state index contributed by atoms with van der Waals surface area (Å²) in [6, 6.07) is 3.69. The summed E-state index contributed by atoms with van der Waals surface area (Å²) in [7, 11) is 0. The molecule has 0 radical (unpaired) electrons. The van der Waals surface area contributed by atoms with Crippen molar-refractivity contribution in [1.29, 1.82) is 0 Å². The molecule has 0 unspecified atom stereocenters. The molecule has 92 valence electrons. The highest BCUT2D eigenvalue weighted by Crippen LogP contribution is 2.28. The topological polar surface area (TPSA) is 73.7 Å². The van der Waals surface area contributed by atoms with Gasteiger partial charge in [-0.05, 0) is 31.4 Å². The van der Waals surface area contributed by atoms with Crippen molar-refractivity contribution in [2.75, 3.05) is 18.1 Å². The second-order valence-corrected chi connectivity index (χ2v) is 4.21. The maximum Gasteiger partial charge on any atom is 0.337 e. The molecule has 1 aromatic heterocycles. The number of carbonyl (C=O) groups is 1. The Hall–Kier alpha value is -1.62. The number of nitrogens with zero attached hydrogens (tertiary/aromatic N) is 2. The molecule has 2 N–H and O–H groups in total. The van der Waals surface area contributed by atoms with E-state index in [0.717, 1.165) is 18.7 Å². The number of aliphatic hydroxyl groups is 1. The lowest BCUT2D eigenvalue weighted by molar-refractivity contribution is 0.0696. The molecule has 1 saturated carbocycles. The molecule has 5 nitrogen and oxygen atoms in total. The van der Waals surface area contributed by atoms with Gasteiger partial charge in [0.25, 0.3) is 0 Å². The normalized spacial score (nSPS) is 15.4. The van der Waals surface area contributed by atoms with E-state index in [1.165, 1.54) is 12.6 Å². The van der Waals surface area contributed by atoms with Crippen molar-refractivity contribution < 1.29 is 15.0 Å². The Labute approximate surface area is 99.7 Å². The summed E-state index contributed by atoms with van der Waals surface area (Å²) < 4.78 is 0. The van der Waals surface area contributed by atoms with Crippen LogP contribution in [0.1, 0.15) is 29.6 Å². The van der Waals surface area contributed by atoms with Gasteiger partial charge in [-0.3, -0.25) is 0 Å². The predicted octanol–water partition coefficient (Wildman–Crippen LogP) is 1.13. The number of hydrogen-bond donors (Lipinski definition) is 2. The van der Waals surface area contributed by atoms with Crippen LogP contribution in [0.2, 0.25) is 0 Å². The van der Waals surface area contributed by atoms with Gasteiger partial charge in [0.15, 0.2) is 0 Å². The Morgan fingerprint density at radius 3 is 2.65 bits per heavy atom. The lowest BCUT2D eigenvalue weighted by atomic mass is 9.91. The van der Waals surface area contributed by atoms with Gasteiger partial charge >= 0.3 is 5.97 Å². The van der Waals surface area contributed by atoms with Crippen molar-refractivity contribution in [3.05, 3.63) is 23.9 Å². The smallest absolute Gasteiger partial charge is 0.337 e. The molecule has 2 rings (SSSR count). The molecule has 0 saturated heterocycles. The van der Waals surface area contributed by atoms with E-state index in [1.54, 1.807) is 12.1 Å². The van der Waals surface area contributed by atoms with E-state index >= 15 is 0 Å². The third-order valence-corrected chi connectivity index (χ3v) is 3.15. The summed E-state index contributed by atoms with van der Waals surface area (Å²) in [5, 5.41) is 17.8. The number of anilines is 1. The van der Waals surface area contributed by atoms with E-state index in [2.05, 4.69) is 9.88 Å². The standard InChI is InChI=1S/C12H16N2O3/c15-7-6-14(10-2-1-3-10)11-5-4-9(8-13-11)12(16)17/h4-5,8,10,15H,1-3,6-7H2,(H,16,17). The average Bonchev–Trinajstić information content (AvgIpc) is 2.26. The molecule has 0 aromatic carbocycles. The van der Waals surface area contributed by atoms with E-state index in [4.69, 9.17) is 10.2 Å². The van der Waals surface area contributed by atoms with Gasteiger partial charge in [-0.25, -0.2) is 9.78 Å². The van der Waals surface area contributed by atoms with Crippen LogP contribution < -0.4 is 4.90 Å². The number of pyridine rings is 1. The molecule has 1 aliphatic rings. The number of carboxylic acids is 1. The van der Waals surface area contributed by atoms with Crippen molar-refractivity contribution in [2.24, 2.45) is 0 Å². The first-order chi connectivity index (χ1) is 8.22. The van der Waals surface area contributed by atoms with E-state index in [9.17, 15) is 4.79 Å². The zero-order valence-electron chi connectivity index (χ0n) is 9.54. The molecule has 0 amide bonds. The van der Waals surface area contributed by atoms with E-state index < -0.39 is 5.97 Å². The van der Waals surface area contributed by atoms with Crippen molar-refractivity contribution in [1.82, 2.24) is 4.98 Å². The zero-order valence-corrected chi connectivity index (χ0v) is 9.54. The van der Waals surface area contributed by atoms with Crippen LogP contribution in [0.15, 0.2) is 18.3 Å². The third kappa shape index (κ3) is 2.55. The highest BCUT2D eigenvalue weighted by molar-refractivity contribution is 5.87. The molecule has 1 heterocycles. The molecule has 17 heavy (non-hydrogen) atoms. The molecule has 1 aliphatic carbocycles. The fourth-order valence-electron chi connectivity index (χ4n) is 1.97. The zero-order chi connectivity index (χ0) is 12.3. The van der Waals surface area contributed by atoms with E-state index in [0.29, 0.717) is 12.6 Å². The summed E-state index contributed by atoms with van der Waals surface area (Å²) in [6.45, 7) is 0.628. The quantitative estimate of drug-likeness (QED) is 0.801. The van der Waals surface area contributed by atoms with Crippen LogP contribution in [0, 0.1) is 0 Å². The summed E-state index contributed by atoms with van der Waals surface area (Å²) in [6.07, 6.45) is 4.80. The van der Waals surface area contributed by atoms with Gasteiger partial charge in [-0.1, -0.05) is 0 Å². The SMILES string of the molecule is O=C(O)c1ccc(N(CCO)C2CCC2)nc1. The highest BCUT2D eigenvalue weighted by atomic mass is 16.4. The number of hydrogen-bond acceptors (Lipinski definition) is 4. The average molecular weight is 236 g/mol. The third-order valence-electron chi connectivity index (χ3n) is 3.15. The largest absolute Gasteiger partial charge is 0.478 e. The van der Waals surface area contributed by atoms with Crippen LogP contribution in [0.25, 0.3) is 0 Å². The first-order valence-electron chi connectivity index (χ1n) is 5.79. The van der Waals surface area contributed by atoms with Crippen LogP contribution in [-0.2, 0) is 0 Å². The number of aromatic nitrogens is 1. The van der Waals surface area contributed by atoms with Crippen LogP contribution in [0.4, 0.5) is 5.82 Å². The number of carboxylic acid groups (broad SMARTS) is 1. The Balaban J connectivity index is 2.14. The molecule has 0 spiro atoms. The van der Waals surface area contributed by atoms with Crippen LogP contribution >= 0.6 is 0 Å². The van der Waals surface area contributed by atoms with E-state index in [-0.39, 0.29) is 12.2 Å². The Kier molecular flexibility index (Phi) is 3.58. The number of rotatable bonds is 5. The summed E-state index contributed by atoms with van der Waals surface area (Å²) >= 11 is 0. The Morgan fingerprint density at radius 2 is 2.24 bits per heavy atom. The lowest BCUT2D eigenvalue weighted by Crippen LogP contribution is -2.42. The Morgan fingerprint density at radius 1 is 1.47 bits per heavy atom. The van der Waals surface area contributed by atoms with E-state index in [1.807, 2.05) is 0 Å². The second-order valence-electron chi connectivity index (χ2n) is 4.21. The van der Waals surface area contributed by atoms with Gasteiger partial charge in [0.1, 0.15) is 5.82 Å². The van der Waals surface area contributed by atoms with Crippen LogP contribution in [0.3, 0.4) is 0 Å². The minimum absolute atomic E-state index is 0.0822. The van der Waals surface area contributed by atoms with Crippen molar-refractivity contribution in [2.45, 2.75) is 25.3 Å². The highest BCUT2D eigenvalue weighted by Gasteiger charge is 2.25. The van der Waals surface area contributed by atoms with Gasteiger partial charge in [0.05, 0.1) is 12.2 Å². The van der Waals surface area contributed by atoms with Crippen molar-refractivity contribution >= 4 is 11.8 Å². The number of aliphatic hydroxyl groups excluding tert-OH is 1. The van der Waals surface area contributed by atoms with Gasteiger partial charge in [-0.2, -0.15) is 0 Å². The van der Waals surface area contributed by atoms with Crippen molar-refractivity contribution in [3.63, 3.8) is 0 Å². The molecule has 1 fully saturated rings. The maximum atomic E-state index is 10.7. The second kappa shape index (κ2) is 5.14. The first-order valence-corrected chi connectivity index (χ1v) is 5.79. The fourth-order valence-corrected chi connectivity index (χ4v) is 1.97.